The average molecular weight is 424 g/mol. The minimum absolute atomic E-state index is 0.226. The molecule has 0 saturated carbocycles. The lowest BCUT2D eigenvalue weighted by molar-refractivity contribution is 0.244. The fourth-order valence-corrected chi connectivity index (χ4v) is 3.73. The molecule has 3 aromatic rings. The van der Waals surface area contributed by atoms with Gasteiger partial charge in [0.15, 0.2) is 0 Å². The summed E-state index contributed by atoms with van der Waals surface area (Å²) >= 11 is 6.13. The third kappa shape index (κ3) is 4.98. The molecule has 0 radical (unpaired) electrons. The van der Waals surface area contributed by atoms with Crippen molar-refractivity contribution < 1.29 is 0 Å². The van der Waals surface area contributed by atoms with Gasteiger partial charge in [0.2, 0.25) is 11.9 Å². The number of rotatable bonds is 5. The van der Waals surface area contributed by atoms with Gasteiger partial charge in [-0.3, -0.25) is 4.90 Å². The zero-order valence-corrected chi connectivity index (χ0v) is 18.0. The Labute approximate surface area is 181 Å². The quantitative estimate of drug-likeness (QED) is 0.645. The van der Waals surface area contributed by atoms with Crippen LogP contribution in [0.1, 0.15) is 17.0 Å². The van der Waals surface area contributed by atoms with Crippen molar-refractivity contribution in [1.82, 2.24) is 19.9 Å². The normalized spacial score (nSPS) is 14.7. The van der Waals surface area contributed by atoms with Gasteiger partial charge < -0.3 is 16.0 Å². The summed E-state index contributed by atoms with van der Waals surface area (Å²) in [5.41, 5.74) is 10.5. The van der Waals surface area contributed by atoms with Crippen molar-refractivity contribution in [2.45, 2.75) is 20.4 Å². The lowest BCUT2D eigenvalue weighted by atomic mass is 10.1. The van der Waals surface area contributed by atoms with Crippen molar-refractivity contribution in [1.29, 1.82) is 0 Å². The number of anilines is 4. The molecule has 0 amide bonds. The number of nitrogen functional groups attached to an aromatic ring is 1. The first-order chi connectivity index (χ1) is 14.5. The van der Waals surface area contributed by atoms with Gasteiger partial charge in [0.1, 0.15) is 5.82 Å². The predicted octanol–water partition coefficient (Wildman–Crippen LogP) is 3.79. The molecule has 0 bridgehead atoms. The van der Waals surface area contributed by atoms with E-state index >= 15 is 0 Å². The molecule has 3 N–H and O–H groups in total. The van der Waals surface area contributed by atoms with Crippen molar-refractivity contribution in [2.24, 2.45) is 0 Å². The van der Waals surface area contributed by atoms with E-state index in [2.05, 4.69) is 62.1 Å². The Kier molecular flexibility index (Phi) is 6.01. The second-order valence-corrected chi connectivity index (χ2v) is 8.04. The number of nitrogens with one attached hydrogen (secondary N) is 1. The zero-order valence-electron chi connectivity index (χ0n) is 17.3. The number of nitrogens with zero attached hydrogens (tertiary/aromatic N) is 5. The van der Waals surface area contributed by atoms with E-state index in [-0.39, 0.29) is 5.95 Å². The molecule has 156 valence electrons. The van der Waals surface area contributed by atoms with Gasteiger partial charge in [0, 0.05) is 42.6 Å². The highest BCUT2D eigenvalue weighted by atomic mass is 35.5. The molecule has 7 nitrogen and oxygen atoms in total. The second kappa shape index (κ2) is 8.85. The van der Waals surface area contributed by atoms with Crippen LogP contribution in [0.5, 0.6) is 0 Å². The van der Waals surface area contributed by atoms with Crippen LogP contribution < -0.4 is 16.0 Å². The van der Waals surface area contributed by atoms with Gasteiger partial charge in [-0.15, -0.1) is 0 Å². The zero-order chi connectivity index (χ0) is 21.1. The van der Waals surface area contributed by atoms with Crippen LogP contribution in [-0.2, 0) is 6.54 Å². The molecule has 8 heteroatoms. The molecule has 0 aliphatic carbocycles. The van der Waals surface area contributed by atoms with E-state index in [0.717, 1.165) is 42.6 Å². The van der Waals surface area contributed by atoms with E-state index in [1.807, 2.05) is 24.3 Å². The molecule has 2 heterocycles. The van der Waals surface area contributed by atoms with Crippen LogP contribution in [0.2, 0.25) is 5.02 Å². The summed E-state index contributed by atoms with van der Waals surface area (Å²) in [5, 5.41) is 4.01. The Hall–Kier alpha value is -2.90. The van der Waals surface area contributed by atoms with Gasteiger partial charge in [-0.05, 0) is 55.3 Å². The van der Waals surface area contributed by atoms with Crippen LogP contribution in [0, 0.1) is 13.8 Å². The van der Waals surface area contributed by atoms with Gasteiger partial charge in [0.25, 0.3) is 0 Å². The van der Waals surface area contributed by atoms with Crippen molar-refractivity contribution in [2.75, 3.05) is 42.1 Å². The van der Waals surface area contributed by atoms with Crippen LogP contribution in [0.3, 0.4) is 0 Å². The summed E-state index contributed by atoms with van der Waals surface area (Å²) < 4.78 is 0. The molecule has 1 fully saturated rings. The summed E-state index contributed by atoms with van der Waals surface area (Å²) in [7, 11) is 0. The van der Waals surface area contributed by atoms with E-state index in [0.29, 0.717) is 18.3 Å². The Morgan fingerprint density at radius 2 is 1.77 bits per heavy atom. The molecule has 0 spiro atoms. The number of hydrogen-bond acceptors (Lipinski definition) is 7. The maximum absolute atomic E-state index is 6.13. The lowest BCUT2D eigenvalue weighted by Crippen LogP contribution is -2.46. The SMILES string of the molecule is Cc1ccc(Nc2nc(N)nc(CN3CCN(c4cccc(Cl)c4)CC3)n2)cc1C. The summed E-state index contributed by atoms with van der Waals surface area (Å²) in [6.07, 6.45) is 0. The Morgan fingerprint density at radius 1 is 0.967 bits per heavy atom. The van der Waals surface area contributed by atoms with Crippen LogP contribution in [-0.4, -0.2) is 46.0 Å². The van der Waals surface area contributed by atoms with E-state index in [9.17, 15) is 0 Å². The molecule has 1 saturated heterocycles. The predicted molar refractivity (Wildman–Crippen MR) is 122 cm³/mol. The number of aromatic nitrogens is 3. The molecule has 1 aliphatic heterocycles. The maximum atomic E-state index is 6.13. The fraction of sp³-hybridized carbons (Fsp3) is 0.318. The van der Waals surface area contributed by atoms with Crippen molar-refractivity contribution >= 4 is 34.9 Å². The van der Waals surface area contributed by atoms with E-state index < -0.39 is 0 Å². The lowest BCUT2D eigenvalue weighted by Gasteiger charge is -2.35. The summed E-state index contributed by atoms with van der Waals surface area (Å²) in [4.78, 5) is 17.8. The van der Waals surface area contributed by atoms with Gasteiger partial charge in [-0.2, -0.15) is 15.0 Å². The van der Waals surface area contributed by atoms with Gasteiger partial charge >= 0.3 is 0 Å². The Morgan fingerprint density at radius 3 is 2.50 bits per heavy atom. The second-order valence-electron chi connectivity index (χ2n) is 7.60. The molecular formula is C22H26ClN7. The van der Waals surface area contributed by atoms with E-state index in [1.165, 1.54) is 11.1 Å². The molecule has 1 aliphatic rings. The van der Waals surface area contributed by atoms with Crippen molar-refractivity contribution in [3.05, 3.63) is 64.4 Å². The number of aryl methyl sites for hydroxylation is 2. The number of piperazine rings is 1. The highest BCUT2D eigenvalue weighted by molar-refractivity contribution is 6.30. The largest absolute Gasteiger partial charge is 0.369 e. The van der Waals surface area contributed by atoms with E-state index in [4.69, 9.17) is 17.3 Å². The molecule has 4 rings (SSSR count). The van der Waals surface area contributed by atoms with Gasteiger partial charge in [0.05, 0.1) is 6.54 Å². The first-order valence-electron chi connectivity index (χ1n) is 10.0. The van der Waals surface area contributed by atoms with Crippen molar-refractivity contribution in [3.63, 3.8) is 0 Å². The smallest absolute Gasteiger partial charge is 0.232 e. The molecule has 1 aromatic heterocycles. The first-order valence-corrected chi connectivity index (χ1v) is 10.4. The highest BCUT2D eigenvalue weighted by Gasteiger charge is 2.19. The summed E-state index contributed by atoms with van der Waals surface area (Å²) in [6, 6.07) is 14.1. The van der Waals surface area contributed by atoms with Gasteiger partial charge in [-0.1, -0.05) is 23.7 Å². The Balaban J connectivity index is 1.39. The van der Waals surface area contributed by atoms with Crippen LogP contribution in [0.15, 0.2) is 42.5 Å². The average Bonchev–Trinajstić information content (AvgIpc) is 2.71. The first kappa shape index (κ1) is 20.4. The number of hydrogen-bond donors (Lipinski definition) is 2. The summed E-state index contributed by atoms with van der Waals surface area (Å²) in [6.45, 7) is 8.48. The van der Waals surface area contributed by atoms with Crippen LogP contribution in [0.4, 0.5) is 23.3 Å². The third-order valence-corrected chi connectivity index (χ3v) is 5.61. The Bertz CT molecular complexity index is 1030. The van der Waals surface area contributed by atoms with E-state index in [1.54, 1.807) is 0 Å². The highest BCUT2D eigenvalue weighted by Crippen LogP contribution is 2.22. The molecule has 30 heavy (non-hydrogen) atoms. The third-order valence-electron chi connectivity index (χ3n) is 5.37. The monoisotopic (exact) mass is 423 g/mol. The van der Waals surface area contributed by atoms with Crippen LogP contribution in [0.25, 0.3) is 0 Å². The molecular weight excluding hydrogens is 398 g/mol. The van der Waals surface area contributed by atoms with Crippen molar-refractivity contribution in [3.8, 4) is 0 Å². The standard InChI is InChI=1S/C22H26ClN7/c1-15-6-7-18(12-16(15)2)25-22-27-20(26-21(24)28-22)14-29-8-10-30(11-9-29)19-5-3-4-17(23)13-19/h3-7,12-13H,8-11,14H2,1-2H3,(H3,24,25,26,27,28). The topological polar surface area (TPSA) is 83.2 Å². The summed E-state index contributed by atoms with van der Waals surface area (Å²) in [5.74, 6) is 1.37. The van der Waals surface area contributed by atoms with Gasteiger partial charge in [-0.25, -0.2) is 0 Å². The molecule has 2 aromatic carbocycles. The number of halogens is 1. The molecule has 0 atom stereocenters. The minimum atomic E-state index is 0.226. The number of nitrogens with two attached hydrogens (primary N) is 1. The number of benzene rings is 2. The van der Waals surface area contributed by atoms with Crippen LogP contribution >= 0.6 is 11.6 Å². The fourth-order valence-electron chi connectivity index (χ4n) is 3.55. The maximum Gasteiger partial charge on any atom is 0.232 e. The minimum Gasteiger partial charge on any atom is -0.369 e. The molecule has 0 unspecified atom stereocenters.